The van der Waals surface area contributed by atoms with Gasteiger partial charge in [0.2, 0.25) is 5.91 Å². The predicted octanol–water partition coefficient (Wildman–Crippen LogP) is 0.636. The summed E-state index contributed by atoms with van der Waals surface area (Å²) in [6.07, 6.45) is 0.989. The van der Waals surface area contributed by atoms with E-state index in [4.69, 9.17) is 5.14 Å². The number of carbonyl (C=O) groups is 1. The maximum absolute atomic E-state index is 12.5. The molecule has 1 fully saturated rings. The molecule has 1 heterocycles. The fourth-order valence-electron chi connectivity index (χ4n) is 2.97. The van der Waals surface area contributed by atoms with Crippen LogP contribution in [0.25, 0.3) is 0 Å². The van der Waals surface area contributed by atoms with E-state index in [0.29, 0.717) is 26.2 Å². The highest BCUT2D eigenvalue weighted by atomic mass is 32.2. The maximum atomic E-state index is 12.5. The number of nitrogens with zero attached hydrogens (tertiary/aromatic N) is 2. The number of nitrogens with two attached hydrogens (primary N) is 1. The summed E-state index contributed by atoms with van der Waals surface area (Å²) < 4.78 is 23.9. The molecule has 2 rings (SSSR count). The van der Waals surface area contributed by atoms with E-state index in [1.54, 1.807) is 0 Å². The third kappa shape index (κ3) is 5.24. The number of piperazine rings is 1. The van der Waals surface area contributed by atoms with E-state index in [9.17, 15) is 13.2 Å². The van der Waals surface area contributed by atoms with Crippen molar-refractivity contribution in [2.24, 2.45) is 5.14 Å². The Balaban J connectivity index is 1.89. The first-order valence-corrected chi connectivity index (χ1v) is 10.1. The number of amides is 1. The van der Waals surface area contributed by atoms with Crippen molar-refractivity contribution in [1.82, 2.24) is 14.5 Å². The lowest BCUT2D eigenvalue weighted by Crippen LogP contribution is -2.56. The minimum Gasteiger partial charge on any atom is -0.348 e. The van der Waals surface area contributed by atoms with Gasteiger partial charge < -0.3 is 5.32 Å². The standard InChI is InChI=1S/C17H28N4O3S/c1-4-15-5-7-16(8-6-15)13(2)19-17(22)14(3)20-9-11-21(12-10-20)25(18,23)24/h5-8,13-14H,4,9-12H2,1-3H3,(H,19,22)(H2,18,23,24). The quantitative estimate of drug-likeness (QED) is 0.770. The topological polar surface area (TPSA) is 95.7 Å². The zero-order valence-corrected chi connectivity index (χ0v) is 15.9. The van der Waals surface area contributed by atoms with Gasteiger partial charge in [-0.05, 0) is 31.4 Å². The Labute approximate surface area is 150 Å². The predicted molar refractivity (Wildman–Crippen MR) is 98.1 cm³/mol. The van der Waals surface area contributed by atoms with Crippen molar-refractivity contribution < 1.29 is 13.2 Å². The molecule has 1 aliphatic rings. The molecule has 3 N–H and O–H groups in total. The Bertz CT molecular complexity index is 682. The lowest BCUT2D eigenvalue weighted by Gasteiger charge is -2.36. The van der Waals surface area contributed by atoms with Crippen LogP contribution >= 0.6 is 0 Å². The first-order valence-electron chi connectivity index (χ1n) is 8.63. The average molecular weight is 369 g/mol. The Kier molecular flexibility index (Phi) is 6.56. The molecule has 8 heteroatoms. The molecule has 1 aliphatic heterocycles. The number of nitrogens with one attached hydrogen (secondary N) is 1. The van der Waals surface area contributed by atoms with Crippen LogP contribution < -0.4 is 10.5 Å². The molecule has 0 spiro atoms. The molecular formula is C17H28N4O3S. The molecule has 7 nitrogen and oxygen atoms in total. The molecule has 1 saturated heterocycles. The largest absolute Gasteiger partial charge is 0.348 e. The molecule has 1 aromatic rings. The molecular weight excluding hydrogens is 340 g/mol. The first kappa shape index (κ1) is 19.8. The van der Waals surface area contributed by atoms with Crippen molar-refractivity contribution in [3.63, 3.8) is 0 Å². The molecule has 0 aromatic heterocycles. The highest BCUT2D eigenvalue weighted by molar-refractivity contribution is 7.86. The summed E-state index contributed by atoms with van der Waals surface area (Å²) in [7, 11) is -3.65. The second-order valence-electron chi connectivity index (χ2n) is 6.48. The molecule has 2 atom stereocenters. The van der Waals surface area contributed by atoms with E-state index in [2.05, 4.69) is 24.4 Å². The van der Waals surface area contributed by atoms with Gasteiger partial charge in [0.1, 0.15) is 0 Å². The van der Waals surface area contributed by atoms with Crippen molar-refractivity contribution in [3.05, 3.63) is 35.4 Å². The molecule has 1 aromatic carbocycles. The lowest BCUT2D eigenvalue weighted by molar-refractivity contribution is -0.127. The van der Waals surface area contributed by atoms with Crippen molar-refractivity contribution in [3.8, 4) is 0 Å². The van der Waals surface area contributed by atoms with Gasteiger partial charge in [-0.25, -0.2) is 5.14 Å². The highest BCUT2D eigenvalue weighted by Gasteiger charge is 2.29. The highest BCUT2D eigenvalue weighted by Crippen LogP contribution is 2.15. The van der Waals surface area contributed by atoms with Gasteiger partial charge in [-0.1, -0.05) is 31.2 Å². The second kappa shape index (κ2) is 8.27. The van der Waals surface area contributed by atoms with Crippen molar-refractivity contribution in [1.29, 1.82) is 0 Å². The van der Waals surface area contributed by atoms with Crippen molar-refractivity contribution in [2.75, 3.05) is 26.2 Å². The molecule has 2 unspecified atom stereocenters. The smallest absolute Gasteiger partial charge is 0.276 e. The summed E-state index contributed by atoms with van der Waals surface area (Å²) in [6, 6.07) is 7.84. The van der Waals surface area contributed by atoms with Gasteiger partial charge in [-0.15, -0.1) is 0 Å². The van der Waals surface area contributed by atoms with Crippen LogP contribution in [0.15, 0.2) is 24.3 Å². The molecule has 25 heavy (non-hydrogen) atoms. The normalized spacial score (nSPS) is 19.4. The summed E-state index contributed by atoms with van der Waals surface area (Å²) in [4.78, 5) is 14.5. The number of hydrogen-bond acceptors (Lipinski definition) is 4. The Hall–Kier alpha value is -1.48. The maximum Gasteiger partial charge on any atom is 0.276 e. The van der Waals surface area contributed by atoms with Crippen molar-refractivity contribution in [2.45, 2.75) is 39.3 Å². The van der Waals surface area contributed by atoms with Crippen LogP contribution in [-0.4, -0.2) is 55.8 Å². The van der Waals surface area contributed by atoms with Crippen LogP contribution in [0, 0.1) is 0 Å². The number of benzene rings is 1. The monoisotopic (exact) mass is 368 g/mol. The third-order valence-corrected chi connectivity index (χ3v) is 5.89. The fraction of sp³-hybridized carbons (Fsp3) is 0.588. The van der Waals surface area contributed by atoms with E-state index in [1.165, 1.54) is 9.87 Å². The number of aryl methyl sites for hydroxylation is 1. The Morgan fingerprint density at radius 2 is 1.72 bits per heavy atom. The molecule has 0 saturated carbocycles. The van der Waals surface area contributed by atoms with Gasteiger partial charge in [0.05, 0.1) is 12.1 Å². The zero-order valence-electron chi connectivity index (χ0n) is 15.1. The zero-order chi connectivity index (χ0) is 18.6. The van der Waals surface area contributed by atoms with E-state index in [0.717, 1.165) is 12.0 Å². The molecule has 0 bridgehead atoms. The fourth-order valence-corrected chi connectivity index (χ4v) is 3.64. The van der Waals surface area contributed by atoms with Crippen LogP contribution in [0.3, 0.4) is 0 Å². The van der Waals surface area contributed by atoms with Crippen LogP contribution in [0.5, 0.6) is 0 Å². The summed E-state index contributed by atoms with van der Waals surface area (Å²) in [5, 5.41) is 8.18. The number of rotatable bonds is 6. The van der Waals surface area contributed by atoms with E-state index >= 15 is 0 Å². The van der Waals surface area contributed by atoms with Crippen LogP contribution in [-0.2, 0) is 21.4 Å². The SMILES string of the molecule is CCc1ccc(C(C)NC(=O)C(C)N2CCN(S(N)(=O)=O)CC2)cc1. The van der Waals surface area contributed by atoms with E-state index < -0.39 is 10.2 Å². The van der Waals surface area contributed by atoms with Gasteiger partial charge in [0.25, 0.3) is 10.2 Å². The molecule has 0 radical (unpaired) electrons. The summed E-state index contributed by atoms with van der Waals surface area (Å²) in [6.45, 7) is 7.51. The summed E-state index contributed by atoms with van der Waals surface area (Å²) in [5.41, 5.74) is 2.33. The van der Waals surface area contributed by atoms with Crippen LogP contribution in [0.2, 0.25) is 0 Å². The summed E-state index contributed by atoms with van der Waals surface area (Å²) >= 11 is 0. The van der Waals surface area contributed by atoms with Gasteiger partial charge >= 0.3 is 0 Å². The van der Waals surface area contributed by atoms with Gasteiger partial charge in [-0.3, -0.25) is 9.69 Å². The van der Waals surface area contributed by atoms with Crippen LogP contribution in [0.4, 0.5) is 0 Å². The Morgan fingerprint density at radius 3 is 2.20 bits per heavy atom. The number of hydrogen-bond donors (Lipinski definition) is 2. The van der Waals surface area contributed by atoms with Crippen molar-refractivity contribution >= 4 is 16.1 Å². The second-order valence-corrected chi connectivity index (χ2v) is 8.03. The Morgan fingerprint density at radius 1 is 1.16 bits per heavy atom. The summed E-state index contributed by atoms with van der Waals surface area (Å²) in [5.74, 6) is -0.0591. The molecule has 1 amide bonds. The van der Waals surface area contributed by atoms with Gasteiger partial charge in [0.15, 0.2) is 0 Å². The first-order chi connectivity index (χ1) is 11.7. The molecule has 0 aliphatic carbocycles. The average Bonchev–Trinajstić information content (AvgIpc) is 2.60. The van der Waals surface area contributed by atoms with Crippen LogP contribution in [0.1, 0.15) is 37.9 Å². The molecule has 140 valence electrons. The lowest BCUT2D eigenvalue weighted by atomic mass is 10.0. The third-order valence-electron chi connectivity index (χ3n) is 4.81. The minimum atomic E-state index is -3.65. The van der Waals surface area contributed by atoms with Gasteiger partial charge in [-0.2, -0.15) is 12.7 Å². The minimum absolute atomic E-state index is 0.0591. The van der Waals surface area contributed by atoms with E-state index in [-0.39, 0.29) is 18.0 Å². The van der Waals surface area contributed by atoms with E-state index in [1.807, 2.05) is 30.9 Å². The van der Waals surface area contributed by atoms with Gasteiger partial charge in [0, 0.05) is 26.2 Å². The number of carbonyl (C=O) groups excluding carboxylic acids is 1.